The molecule has 1 unspecified atom stereocenters. The van der Waals surface area contributed by atoms with Gasteiger partial charge in [0, 0.05) is 19.6 Å². The summed E-state index contributed by atoms with van der Waals surface area (Å²) in [7, 11) is 0. The van der Waals surface area contributed by atoms with Crippen molar-refractivity contribution in [3.8, 4) is 0 Å². The molecule has 1 saturated heterocycles. The summed E-state index contributed by atoms with van der Waals surface area (Å²) in [5.74, 6) is 0. The zero-order valence-corrected chi connectivity index (χ0v) is 11.1. The molecular formula is C13H19ClN2O. The Labute approximate surface area is 107 Å². The summed E-state index contributed by atoms with van der Waals surface area (Å²) in [5, 5.41) is 0.820. The summed E-state index contributed by atoms with van der Waals surface area (Å²) in [6.45, 7) is 7.12. The maximum atomic E-state index is 6.35. The molecule has 0 aromatic heterocycles. The Morgan fingerprint density at radius 1 is 1.47 bits per heavy atom. The molecule has 0 spiro atoms. The monoisotopic (exact) mass is 254 g/mol. The van der Waals surface area contributed by atoms with Crippen LogP contribution in [0.15, 0.2) is 12.1 Å². The predicted octanol–water partition coefficient (Wildman–Crippen LogP) is 2.12. The van der Waals surface area contributed by atoms with Crippen LogP contribution in [-0.4, -0.2) is 32.3 Å². The van der Waals surface area contributed by atoms with Crippen LogP contribution < -0.4 is 10.6 Å². The van der Waals surface area contributed by atoms with Gasteiger partial charge in [-0.3, -0.25) is 0 Å². The van der Waals surface area contributed by atoms with Crippen LogP contribution in [0.4, 0.5) is 5.69 Å². The van der Waals surface area contributed by atoms with Crippen LogP contribution in [0.2, 0.25) is 5.02 Å². The molecule has 0 aliphatic carbocycles. The zero-order valence-electron chi connectivity index (χ0n) is 10.4. The van der Waals surface area contributed by atoms with Crippen LogP contribution in [0.1, 0.15) is 11.1 Å². The second kappa shape index (κ2) is 5.25. The highest BCUT2D eigenvalue weighted by Crippen LogP contribution is 2.31. The summed E-state index contributed by atoms with van der Waals surface area (Å²) < 4.78 is 5.57. The fourth-order valence-corrected chi connectivity index (χ4v) is 2.81. The van der Waals surface area contributed by atoms with E-state index in [1.54, 1.807) is 0 Å². The fourth-order valence-electron chi connectivity index (χ4n) is 2.37. The number of benzene rings is 1. The smallest absolute Gasteiger partial charge is 0.0872 e. The number of nitrogens with two attached hydrogens (primary N) is 1. The Kier molecular flexibility index (Phi) is 3.92. The van der Waals surface area contributed by atoms with Crippen molar-refractivity contribution in [2.75, 3.05) is 31.1 Å². The minimum atomic E-state index is 0.112. The van der Waals surface area contributed by atoms with Crippen molar-refractivity contribution in [3.63, 3.8) is 0 Å². The van der Waals surface area contributed by atoms with Crippen LogP contribution in [0.25, 0.3) is 0 Å². The molecule has 0 radical (unpaired) electrons. The highest BCUT2D eigenvalue weighted by molar-refractivity contribution is 6.33. The number of anilines is 1. The number of hydrogen-bond donors (Lipinski definition) is 1. The van der Waals surface area contributed by atoms with Gasteiger partial charge in [0.05, 0.1) is 23.4 Å². The first-order chi connectivity index (χ1) is 8.11. The summed E-state index contributed by atoms with van der Waals surface area (Å²) >= 11 is 6.35. The first-order valence-electron chi connectivity index (χ1n) is 5.95. The standard InChI is InChI=1S/C13H19ClN2O/c1-9-5-10(2)13(12(14)6-9)16-3-4-17-11(7-15)8-16/h5-6,11H,3-4,7-8,15H2,1-2H3. The normalized spacial score (nSPS) is 20.7. The quantitative estimate of drug-likeness (QED) is 0.879. The van der Waals surface area contributed by atoms with Crippen LogP contribution in [0.5, 0.6) is 0 Å². The van der Waals surface area contributed by atoms with Crippen molar-refractivity contribution in [2.45, 2.75) is 20.0 Å². The minimum absolute atomic E-state index is 0.112. The summed E-state index contributed by atoms with van der Waals surface area (Å²) in [4.78, 5) is 2.28. The third kappa shape index (κ3) is 2.73. The van der Waals surface area contributed by atoms with E-state index in [1.807, 2.05) is 6.07 Å². The zero-order chi connectivity index (χ0) is 12.4. The second-order valence-electron chi connectivity index (χ2n) is 4.59. The Bertz CT molecular complexity index is 385. The van der Waals surface area contributed by atoms with Crippen molar-refractivity contribution < 1.29 is 4.74 Å². The largest absolute Gasteiger partial charge is 0.373 e. The molecule has 1 aliphatic rings. The van der Waals surface area contributed by atoms with Crippen LogP contribution in [0.3, 0.4) is 0 Å². The summed E-state index contributed by atoms with van der Waals surface area (Å²) in [6.07, 6.45) is 0.112. The van der Waals surface area contributed by atoms with Gasteiger partial charge < -0.3 is 15.4 Å². The number of ether oxygens (including phenoxy) is 1. The van der Waals surface area contributed by atoms with Gasteiger partial charge in [-0.05, 0) is 31.0 Å². The number of halogens is 1. The van der Waals surface area contributed by atoms with E-state index in [1.165, 1.54) is 11.1 Å². The van der Waals surface area contributed by atoms with E-state index in [0.29, 0.717) is 13.2 Å². The average Bonchev–Trinajstić information content (AvgIpc) is 2.28. The minimum Gasteiger partial charge on any atom is -0.373 e. The molecule has 1 aromatic rings. The molecule has 17 heavy (non-hydrogen) atoms. The molecule has 3 nitrogen and oxygen atoms in total. The Morgan fingerprint density at radius 2 is 2.24 bits per heavy atom. The first-order valence-corrected chi connectivity index (χ1v) is 6.33. The maximum Gasteiger partial charge on any atom is 0.0872 e. The van der Waals surface area contributed by atoms with Gasteiger partial charge in [-0.1, -0.05) is 17.7 Å². The van der Waals surface area contributed by atoms with Crippen LogP contribution in [0, 0.1) is 13.8 Å². The van der Waals surface area contributed by atoms with Gasteiger partial charge in [0.15, 0.2) is 0 Å². The maximum absolute atomic E-state index is 6.35. The molecule has 0 amide bonds. The van der Waals surface area contributed by atoms with E-state index in [-0.39, 0.29) is 6.10 Å². The lowest BCUT2D eigenvalue weighted by Crippen LogP contribution is -2.46. The van der Waals surface area contributed by atoms with Crippen molar-refractivity contribution in [1.82, 2.24) is 0 Å². The lowest BCUT2D eigenvalue weighted by molar-refractivity contribution is 0.0465. The van der Waals surface area contributed by atoms with Gasteiger partial charge in [-0.2, -0.15) is 0 Å². The molecule has 1 heterocycles. The second-order valence-corrected chi connectivity index (χ2v) is 4.99. The molecule has 4 heteroatoms. The summed E-state index contributed by atoms with van der Waals surface area (Å²) in [6, 6.07) is 4.17. The fraction of sp³-hybridized carbons (Fsp3) is 0.538. The van der Waals surface area contributed by atoms with E-state index < -0.39 is 0 Å². The topological polar surface area (TPSA) is 38.5 Å². The molecule has 2 rings (SSSR count). The highest BCUT2D eigenvalue weighted by Gasteiger charge is 2.22. The van der Waals surface area contributed by atoms with Crippen molar-refractivity contribution in [3.05, 3.63) is 28.3 Å². The Hall–Kier alpha value is -0.770. The predicted molar refractivity (Wildman–Crippen MR) is 71.9 cm³/mol. The molecule has 2 N–H and O–H groups in total. The molecule has 94 valence electrons. The van der Waals surface area contributed by atoms with E-state index in [2.05, 4.69) is 24.8 Å². The highest BCUT2D eigenvalue weighted by atomic mass is 35.5. The molecule has 0 saturated carbocycles. The molecule has 1 atom stereocenters. The van der Waals surface area contributed by atoms with Crippen molar-refractivity contribution in [1.29, 1.82) is 0 Å². The van der Waals surface area contributed by atoms with Gasteiger partial charge in [0.25, 0.3) is 0 Å². The number of rotatable bonds is 2. The van der Waals surface area contributed by atoms with Gasteiger partial charge >= 0.3 is 0 Å². The lowest BCUT2D eigenvalue weighted by Gasteiger charge is -2.35. The van der Waals surface area contributed by atoms with E-state index in [0.717, 1.165) is 23.8 Å². The third-order valence-corrected chi connectivity index (χ3v) is 3.40. The molecule has 1 aromatic carbocycles. The summed E-state index contributed by atoms with van der Waals surface area (Å²) in [5.41, 5.74) is 9.19. The number of nitrogens with zero attached hydrogens (tertiary/aromatic N) is 1. The van der Waals surface area contributed by atoms with E-state index >= 15 is 0 Å². The third-order valence-electron chi connectivity index (χ3n) is 3.12. The van der Waals surface area contributed by atoms with Crippen LogP contribution in [-0.2, 0) is 4.74 Å². The van der Waals surface area contributed by atoms with Crippen molar-refractivity contribution in [2.24, 2.45) is 5.73 Å². The lowest BCUT2D eigenvalue weighted by atomic mass is 10.1. The Balaban J connectivity index is 2.27. The Morgan fingerprint density at radius 3 is 2.88 bits per heavy atom. The molecular weight excluding hydrogens is 236 g/mol. The van der Waals surface area contributed by atoms with E-state index in [9.17, 15) is 0 Å². The SMILES string of the molecule is Cc1cc(C)c(N2CCOC(CN)C2)c(Cl)c1. The van der Waals surface area contributed by atoms with Gasteiger partial charge in [-0.25, -0.2) is 0 Å². The molecule has 0 bridgehead atoms. The van der Waals surface area contributed by atoms with Gasteiger partial charge in [0.2, 0.25) is 0 Å². The number of morpholine rings is 1. The average molecular weight is 255 g/mol. The molecule has 1 fully saturated rings. The van der Waals surface area contributed by atoms with E-state index in [4.69, 9.17) is 22.1 Å². The van der Waals surface area contributed by atoms with Crippen molar-refractivity contribution >= 4 is 17.3 Å². The first kappa shape index (κ1) is 12.7. The van der Waals surface area contributed by atoms with Gasteiger partial charge in [0.1, 0.15) is 0 Å². The van der Waals surface area contributed by atoms with Gasteiger partial charge in [-0.15, -0.1) is 0 Å². The molecule has 1 aliphatic heterocycles. The number of aryl methyl sites for hydroxylation is 2. The van der Waals surface area contributed by atoms with Crippen LogP contribution >= 0.6 is 11.6 Å². The number of hydrogen-bond acceptors (Lipinski definition) is 3.